The van der Waals surface area contributed by atoms with Crippen LogP contribution in [0, 0.1) is 5.92 Å². The maximum Gasteiger partial charge on any atom is 0.288 e. The molecule has 1 N–H and O–H groups in total. The second-order valence-electron chi connectivity index (χ2n) is 9.19. The molecule has 2 fully saturated rings. The Morgan fingerprint density at radius 2 is 1.91 bits per heavy atom. The molecule has 1 aromatic heterocycles. The van der Waals surface area contributed by atoms with Crippen molar-refractivity contribution in [1.82, 2.24) is 19.8 Å². The Morgan fingerprint density at radius 3 is 2.65 bits per heavy atom. The molecule has 3 atom stereocenters. The van der Waals surface area contributed by atoms with Crippen LogP contribution in [0.25, 0.3) is 0 Å². The number of amides is 2. The van der Waals surface area contributed by atoms with Crippen molar-refractivity contribution in [3.8, 4) is 0 Å². The van der Waals surface area contributed by atoms with Crippen LogP contribution < -0.4 is 10.2 Å². The van der Waals surface area contributed by atoms with Gasteiger partial charge in [-0.15, -0.1) is 0 Å². The SMILES string of the molecule is CN1CC[C@@H](OC2=CC3C=C(Nc4nc(N5CCCCC5)ncc4Cl)C=CC3N(C)C2=O)C1=O. The molecule has 34 heavy (non-hydrogen) atoms. The molecule has 2 amide bonds. The van der Waals surface area contributed by atoms with Crippen LogP contribution in [0.15, 0.2) is 42.0 Å². The van der Waals surface area contributed by atoms with Crippen LogP contribution >= 0.6 is 11.6 Å². The third-order valence-corrected chi connectivity index (χ3v) is 7.12. The van der Waals surface area contributed by atoms with Crippen LogP contribution in [0.5, 0.6) is 0 Å². The van der Waals surface area contributed by atoms with E-state index < -0.39 is 6.10 Å². The molecular weight excluding hydrogens is 456 g/mol. The van der Waals surface area contributed by atoms with Crippen LogP contribution in [0.3, 0.4) is 0 Å². The van der Waals surface area contributed by atoms with E-state index in [9.17, 15) is 9.59 Å². The van der Waals surface area contributed by atoms with Crippen molar-refractivity contribution >= 4 is 35.2 Å². The van der Waals surface area contributed by atoms with Gasteiger partial charge in [0.1, 0.15) is 5.02 Å². The standard InChI is InChI=1S/C24H29ClN6O3/c1-29-11-8-19(22(29)32)34-20-13-15-12-16(6-7-18(15)30(2)23(20)33)27-21-17(25)14-26-24(28-21)31-9-4-3-5-10-31/h6-7,12-15,18-19H,3-5,8-11H2,1-2H3,(H,26,27,28)/t15?,18?,19-/m1/s1. The Hall–Kier alpha value is -3.07. The number of hydrogen-bond donors (Lipinski definition) is 1. The number of carbonyl (C=O) groups excluding carboxylic acids is 2. The predicted molar refractivity (Wildman–Crippen MR) is 129 cm³/mol. The molecule has 4 aliphatic rings. The lowest BCUT2D eigenvalue weighted by Crippen LogP contribution is -2.46. The Kier molecular flexibility index (Phi) is 6.20. The lowest BCUT2D eigenvalue weighted by atomic mass is 9.89. The molecule has 4 heterocycles. The normalized spacial score (nSPS) is 26.9. The summed E-state index contributed by atoms with van der Waals surface area (Å²) in [5.74, 6) is 1.02. The van der Waals surface area contributed by atoms with Crippen molar-refractivity contribution in [2.24, 2.45) is 5.92 Å². The van der Waals surface area contributed by atoms with Gasteiger partial charge < -0.3 is 24.8 Å². The van der Waals surface area contributed by atoms with Crippen molar-refractivity contribution in [1.29, 1.82) is 0 Å². The predicted octanol–water partition coefficient (Wildman–Crippen LogP) is 2.57. The van der Waals surface area contributed by atoms with Gasteiger partial charge in [0.15, 0.2) is 17.7 Å². The summed E-state index contributed by atoms with van der Waals surface area (Å²) in [5.41, 5.74) is 0.821. The molecule has 10 heteroatoms. The van der Waals surface area contributed by atoms with Crippen LogP contribution in [0.4, 0.5) is 11.8 Å². The maximum absolute atomic E-state index is 12.9. The molecule has 2 saturated heterocycles. The van der Waals surface area contributed by atoms with Gasteiger partial charge >= 0.3 is 0 Å². The number of nitrogens with one attached hydrogen (secondary N) is 1. The summed E-state index contributed by atoms with van der Waals surface area (Å²) in [5, 5.41) is 3.76. The molecule has 0 saturated carbocycles. The lowest BCUT2D eigenvalue weighted by molar-refractivity contribution is -0.139. The number of aromatic nitrogens is 2. The van der Waals surface area contributed by atoms with E-state index in [2.05, 4.69) is 20.2 Å². The molecule has 0 spiro atoms. The number of likely N-dealkylation sites (N-methyl/N-ethyl adjacent to an activating group) is 2. The number of nitrogens with zero attached hydrogens (tertiary/aromatic N) is 5. The number of carbonyl (C=O) groups is 2. The fraction of sp³-hybridized carbons (Fsp3) is 0.500. The highest BCUT2D eigenvalue weighted by Gasteiger charge is 2.38. The van der Waals surface area contributed by atoms with E-state index in [0.29, 0.717) is 29.8 Å². The summed E-state index contributed by atoms with van der Waals surface area (Å²) >= 11 is 6.40. The van der Waals surface area contributed by atoms with Crippen LogP contribution in [-0.2, 0) is 14.3 Å². The number of likely N-dealkylation sites (tertiary alicyclic amines) is 1. The number of fused-ring (bicyclic) bond motifs is 1. The number of anilines is 2. The Labute approximate surface area is 204 Å². The zero-order valence-electron chi connectivity index (χ0n) is 19.4. The number of piperidine rings is 1. The first-order chi connectivity index (χ1) is 16.4. The van der Waals surface area contributed by atoms with Gasteiger partial charge in [0.25, 0.3) is 11.8 Å². The molecule has 2 unspecified atom stereocenters. The van der Waals surface area contributed by atoms with Crippen LogP contribution in [-0.4, -0.2) is 77.5 Å². The van der Waals surface area contributed by atoms with Gasteiger partial charge in [-0.3, -0.25) is 9.59 Å². The molecule has 0 bridgehead atoms. The minimum atomic E-state index is -0.612. The van der Waals surface area contributed by atoms with Gasteiger partial charge in [0.2, 0.25) is 5.95 Å². The van der Waals surface area contributed by atoms with E-state index in [1.807, 2.05) is 24.3 Å². The zero-order valence-corrected chi connectivity index (χ0v) is 20.2. The number of halogens is 1. The first-order valence-corrected chi connectivity index (χ1v) is 12.1. The summed E-state index contributed by atoms with van der Waals surface area (Å²) in [7, 11) is 3.49. The molecule has 9 nitrogen and oxygen atoms in total. The molecule has 0 radical (unpaired) electrons. The summed E-state index contributed by atoms with van der Waals surface area (Å²) in [6.45, 7) is 2.52. The number of allylic oxidation sites excluding steroid dienone is 1. The van der Waals surface area contributed by atoms with Crippen molar-refractivity contribution in [3.63, 3.8) is 0 Å². The van der Waals surface area contributed by atoms with Gasteiger partial charge in [-0.25, -0.2) is 4.98 Å². The summed E-state index contributed by atoms with van der Waals surface area (Å²) in [6, 6.07) is -0.128. The van der Waals surface area contributed by atoms with E-state index in [0.717, 1.165) is 31.6 Å². The Bertz CT molecular complexity index is 1080. The third-order valence-electron chi connectivity index (χ3n) is 6.84. The maximum atomic E-state index is 12.9. The van der Waals surface area contributed by atoms with Gasteiger partial charge in [-0.1, -0.05) is 23.8 Å². The van der Waals surface area contributed by atoms with Crippen LogP contribution in [0.1, 0.15) is 25.7 Å². The van der Waals surface area contributed by atoms with E-state index in [1.165, 1.54) is 6.42 Å². The summed E-state index contributed by atoms with van der Waals surface area (Å²) in [4.78, 5) is 39.7. The molecule has 5 rings (SSSR count). The number of rotatable bonds is 5. The molecule has 1 aliphatic carbocycles. The summed E-state index contributed by atoms with van der Waals surface area (Å²) < 4.78 is 5.88. The quantitative estimate of drug-likeness (QED) is 0.686. The molecule has 1 aromatic rings. The monoisotopic (exact) mass is 484 g/mol. The highest BCUT2D eigenvalue weighted by molar-refractivity contribution is 6.32. The van der Waals surface area contributed by atoms with Crippen molar-refractivity contribution in [2.75, 3.05) is 43.9 Å². The van der Waals surface area contributed by atoms with E-state index in [1.54, 1.807) is 30.1 Å². The van der Waals surface area contributed by atoms with Gasteiger partial charge in [0.05, 0.1) is 12.2 Å². The summed E-state index contributed by atoms with van der Waals surface area (Å²) in [6.07, 6.45) is 12.8. The largest absolute Gasteiger partial charge is 0.475 e. The Morgan fingerprint density at radius 1 is 1.12 bits per heavy atom. The fourth-order valence-electron chi connectivity index (χ4n) is 4.84. The number of hydrogen-bond acceptors (Lipinski definition) is 7. The number of ether oxygens (including phenoxy) is 1. The first-order valence-electron chi connectivity index (χ1n) is 11.8. The minimum Gasteiger partial charge on any atom is -0.475 e. The lowest BCUT2D eigenvalue weighted by Gasteiger charge is -2.37. The van der Waals surface area contributed by atoms with Crippen molar-refractivity contribution in [3.05, 3.63) is 47.0 Å². The van der Waals surface area contributed by atoms with Gasteiger partial charge in [-0.2, -0.15) is 4.98 Å². The van der Waals surface area contributed by atoms with Gasteiger partial charge in [-0.05, 0) is 31.4 Å². The zero-order chi connectivity index (χ0) is 23.8. The first kappa shape index (κ1) is 22.7. The second-order valence-corrected chi connectivity index (χ2v) is 9.60. The van der Waals surface area contributed by atoms with Crippen molar-refractivity contribution < 1.29 is 14.3 Å². The minimum absolute atomic E-state index is 0.0946. The molecule has 0 aromatic carbocycles. The second kappa shape index (κ2) is 9.29. The van der Waals surface area contributed by atoms with Gasteiger partial charge in [0, 0.05) is 51.8 Å². The smallest absolute Gasteiger partial charge is 0.288 e. The fourth-order valence-corrected chi connectivity index (χ4v) is 4.97. The molecular formula is C24H29ClN6O3. The van der Waals surface area contributed by atoms with E-state index in [-0.39, 0.29) is 29.5 Å². The van der Waals surface area contributed by atoms with E-state index >= 15 is 0 Å². The Balaban J connectivity index is 1.35. The highest BCUT2D eigenvalue weighted by atomic mass is 35.5. The average Bonchev–Trinajstić information content (AvgIpc) is 3.16. The molecule has 180 valence electrons. The van der Waals surface area contributed by atoms with Crippen molar-refractivity contribution in [2.45, 2.75) is 37.8 Å². The average molecular weight is 485 g/mol. The van der Waals surface area contributed by atoms with Crippen LogP contribution in [0.2, 0.25) is 5.02 Å². The highest BCUT2D eigenvalue weighted by Crippen LogP contribution is 2.32. The van der Waals surface area contributed by atoms with E-state index in [4.69, 9.17) is 16.3 Å². The molecule has 3 aliphatic heterocycles. The topological polar surface area (TPSA) is 90.9 Å². The third kappa shape index (κ3) is 4.36.